The minimum absolute atomic E-state index is 0.0181. The van der Waals surface area contributed by atoms with Crippen molar-refractivity contribution >= 4 is 17.0 Å². The molecular weight excluding hydrogens is 400 g/mol. The van der Waals surface area contributed by atoms with Crippen molar-refractivity contribution in [3.05, 3.63) is 58.7 Å². The molecule has 1 heterocycles. The van der Waals surface area contributed by atoms with Gasteiger partial charge in [-0.25, -0.2) is 4.98 Å². The van der Waals surface area contributed by atoms with E-state index >= 15 is 0 Å². The predicted molar refractivity (Wildman–Crippen MR) is 118 cm³/mol. The fourth-order valence-electron chi connectivity index (χ4n) is 3.18. The van der Waals surface area contributed by atoms with Gasteiger partial charge in [-0.3, -0.25) is 9.36 Å². The van der Waals surface area contributed by atoms with Gasteiger partial charge in [-0.1, -0.05) is 18.2 Å². The van der Waals surface area contributed by atoms with Gasteiger partial charge in [0.2, 0.25) is 0 Å². The van der Waals surface area contributed by atoms with Gasteiger partial charge < -0.3 is 24.1 Å². The van der Waals surface area contributed by atoms with Gasteiger partial charge >= 0.3 is 0 Å². The summed E-state index contributed by atoms with van der Waals surface area (Å²) in [6, 6.07) is 8.75. The van der Waals surface area contributed by atoms with Gasteiger partial charge in [0, 0.05) is 6.07 Å². The predicted octanol–water partition coefficient (Wildman–Crippen LogP) is 2.90. The van der Waals surface area contributed by atoms with Crippen molar-refractivity contribution < 1.29 is 24.1 Å². The molecule has 0 saturated carbocycles. The Morgan fingerprint density at radius 3 is 2.39 bits per heavy atom. The second-order valence-corrected chi connectivity index (χ2v) is 6.80. The molecule has 31 heavy (non-hydrogen) atoms. The summed E-state index contributed by atoms with van der Waals surface area (Å²) >= 11 is 0. The zero-order valence-corrected chi connectivity index (χ0v) is 18.0. The zero-order chi connectivity index (χ0) is 22.4. The van der Waals surface area contributed by atoms with Crippen LogP contribution in [0.3, 0.4) is 0 Å². The quantitative estimate of drug-likeness (QED) is 0.562. The Morgan fingerprint density at radius 2 is 1.71 bits per heavy atom. The molecule has 1 aromatic heterocycles. The Bertz CT molecular complexity index is 1140. The Labute approximate surface area is 180 Å². The van der Waals surface area contributed by atoms with Crippen molar-refractivity contribution in [2.75, 3.05) is 27.9 Å². The second kappa shape index (κ2) is 9.99. The molecule has 3 aromatic rings. The lowest BCUT2D eigenvalue weighted by Gasteiger charge is -2.16. The van der Waals surface area contributed by atoms with Crippen LogP contribution in [-0.4, -0.2) is 48.7 Å². The van der Waals surface area contributed by atoms with Crippen LogP contribution in [0.5, 0.6) is 23.0 Å². The number of fused-ring (bicyclic) bond motifs is 1. The maximum Gasteiger partial charge on any atom is 0.261 e. The molecule has 0 amide bonds. The van der Waals surface area contributed by atoms with Crippen molar-refractivity contribution in [2.24, 2.45) is 0 Å². The summed E-state index contributed by atoms with van der Waals surface area (Å²) in [5.74, 6) is 2.00. The fraction of sp³-hybridized carbons (Fsp3) is 0.304. The van der Waals surface area contributed by atoms with E-state index in [2.05, 4.69) is 4.98 Å². The summed E-state index contributed by atoms with van der Waals surface area (Å²) in [6.07, 6.45) is 4.34. The van der Waals surface area contributed by atoms with E-state index in [1.807, 2.05) is 31.2 Å². The SMILES string of the molecule is CC=Cc1ccc(OCC(O)Cn2cnc3cc(OC)c(OC)cc3c2=O)c(OC)c1. The number of rotatable bonds is 9. The van der Waals surface area contributed by atoms with E-state index < -0.39 is 6.10 Å². The molecule has 164 valence electrons. The van der Waals surface area contributed by atoms with E-state index in [1.54, 1.807) is 25.3 Å². The molecule has 8 nitrogen and oxygen atoms in total. The normalized spacial score (nSPS) is 12.2. The lowest BCUT2D eigenvalue weighted by Crippen LogP contribution is -2.30. The average molecular weight is 426 g/mol. The molecule has 0 aliphatic carbocycles. The molecule has 1 N–H and O–H groups in total. The smallest absolute Gasteiger partial charge is 0.261 e. The highest BCUT2D eigenvalue weighted by atomic mass is 16.5. The largest absolute Gasteiger partial charge is 0.493 e. The first-order valence-corrected chi connectivity index (χ1v) is 9.73. The molecule has 0 radical (unpaired) electrons. The third-order valence-electron chi connectivity index (χ3n) is 4.71. The van der Waals surface area contributed by atoms with Crippen LogP contribution in [0.4, 0.5) is 0 Å². The third-order valence-corrected chi connectivity index (χ3v) is 4.71. The van der Waals surface area contributed by atoms with Crippen LogP contribution < -0.4 is 24.5 Å². The molecule has 0 aliphatic heterocycles. The molecule has 0 bridgehead atoms. The highest BCUT2D eigenvalue weighted by Crippen LogP contribution is 2.30. The number of hydrogen-bond acceptors (Lipinski definition) is 7. The molecule has 0 spiro atoms. The summed E-state index contributed by atoms with van der Waals surface area (Å²) < 4.78 is 22.9. The van der Waals surface area contributed by atoms with Crippen LogP contribution in [-0.2, 0) is 6.54 Å². The number of hydrogen-bond donors (Lipinski definition) is 1. The van der Waals surface area contributed by atoms with Gasteiger partial charge in [0.15, 0.2) is 23.0 Å². The molecule has 1 atom stereocenters. The molecule has 1 unspecified atom stereocenters. The van der Waals surface area contributed by atoms with Crippen LogP contribution in [0.15, 0.2) is 47.5 Å². The van der Waals surface area contributed by atoms with E-state index in [9.17, 15) is 9.90 Å². The van der Waals surface area contributed by atoms with Crippen LogP contribution in [0.25, 0.3) is 17.0 Å². The highest BCUT2D eigenvalue weighted by molar-refractivity contribution is 5.81. The molecule has 0 saturated heterocycles. The summed E-state index contributed by atoms with van der Waals surface area (Å²) in [6.45, 7) is 1.94. The molecule has 8 heteroatoms. The van der Waals surface area contributed by atoms with Gasteiger partial charge in [-0.15, -0.1) is 0 Å². The van der Waals surface area contributed by atoms with Gasteiger partial charge in [-0.2, -0.15) is 0 Å². The summed E-state index contributed by atoms with van der Waals surface area (Å²) in [5, 5.41) is 10.8. The number of ether oxygens (including phenoxy) is 4. The van der Waals surface area contributed by atoms with Gasteiger partial charge in [0.05, 0.1) is 45.1 Å². The van der Waals surface area contributed by atoms with E-state index in [-0.39, 0.29) is 18.7 Å². The summed E-state index contributed by atoms with van der Waals surface area (Å²) in [7, 11) is 4.57. The number of nitrogens with zero attached hydrogens (tertiary/aromatic N) is 2. The van der Waals surface area contributed by atoms with E-state index in [0.717, 1.165) is 5.56 Å². The van der Waals surface area contributed by atoms with Crippen LogP contribution in [0.1, 0.15) is 12.5 Å². The van der Waals surface area contributed by atoms with E-state index in [1.165, 1.54) is 25.1 Å². The summed E-state index contributed by atoms with van der Waals surface area (Å²) in [4.78, 5) is 17.2. The Balaban J connectivity index is 1.75. The highest BCUT2D eigenvalue weighted by Gasteiger charge is 2.14. The van der Waals surface area contributed by atoms with Gasteiger partial charge in [-0.05, 0) is 30.7 Å². The minimum Gasteiger partial charge on any atom is -0.493 e. The monoisotopic (exact) mass is 426 g/mol. The standard InChI is InChI=1S/C23H26N2O6/c1-5-6-15-7-8-19(20(9-15)28-2)31-13-16(26)12-25-14-24-18-11-22(30-4)21(29-3)10-17(18)23(25)27/h5-11,14,16,26H,12-13H2,1-4H3. The molecular formula is C23H26N2O6. The van der Waals surface area contributed by atoms with Crippen molar-refractivity contribution in [3.8, 4) is 23.0 Å². The number of aliphatic hydroxyl groups excluding tert-OH is 1. The molecule has 0 aliphatic rings. The minimum atomic E-state index is -0.933. The maximum absolute atomic E-state index is 12.9. The second-order valence-electron chi connectivity index (χ2n) is 6.80. The number of aliphatic hydroxyl groups is 1. The van der Waals surface area contributed by atoms with E-state index in [0.29, 0.717) is 33.9 Å². The van der Waals surface area contributed by atoms with Gasteiger partial charge in [0.1, 0.15) is 12.7 Å². The molecule has 0 fully saturated rings. The number of benzene rings is 2. The van der Waals surface area contributed by atoms with Gasteiger partial charge in [0.25, 0.3) is 5.56 Å². The molecule has 2 aromatic carbocycles. The van der Waals surface area contributed by atoms with Crippen molar-refractivity contribution in [1.29, 1.82) is 0 Å². The first-order chi connectivity index (χ1) is 15.0. The average Bonchev–Trinajstić information content (AvgIpc) is 2.79. The fourth-order valence-corrected chi connectivity index (χ4v) is 3.18. The lowest BCUT2D eigenvalue weighted by atomic mass is 10.2. The Kier molecular flexibility index (Phi) is 7.15. The Hall–Kier alpha value is -3.52. The van der Waals surface area contributed by atoms with Crippen molar-refractivity contribution in [1.82, 2.24) is 9.55 Å². The van der Waals surface area contributed by atoms with E-state index in [4.69, 9.17) is 18.9 Å². The van der Waals surface area contributed by atoms with Crippen molar-refractivity contribution in [3.63, 3.8) is 0 Å². The Morgan fingerprint density at radius 1 is 1.03 bits per heavy atom. The lowest BCUT2D eigenvalue weighted by molar-refractivity contribution is 0.0900. The molecule has 3 rings (SSSR count). The maximum atomic E-state index is 12.9. The topological polar surface area (TPSA) is 92.0 Å². The van der Waals surface area contributed by atoms with Crippen LogP contribution in [0.2, 0.25) is 0 Å². The summed E-state index contributed by atoms with van der Waals surface area (Å²) in [5.41, 5.74) is 1.17. The first-order valence-electron chi connectivity index (χ1n) is 9.73. The number of aromatic nitrogens is 2. The van der Waals surface area contributed by atoms with Crippen molar-refractivity contribution in [2.45, 2.75) is 19.6 Å². The first kappa shape index (κ1) is 22.2. The van der Waals surface area contributed by atoms with Crippen LogP contribution in [0, 0.1) is 0 Å². The van der Waals surface area contributed by atoms with Crippen LogP contribution >= 0.6 is 0 Å². The number of allylic oxidation sites excluding steroid dienone is 1. The third kappa shape index (κ3) is 4.97. The number of methoxy groups -OCH3 is 3. The zero-order valence-electron chi connectivity index (χ0n) is 18.0.